The van der Waals surface area contributed by atoms with Crippen LogP contribution in [0, 0.1) is 11.7 Å². The van der Waals surface area contributed by atoms with Crippen molar-refractivity contribution in [2.45, 2.75) is 18.9 Å². The van der Waals surface area contributed by atoms with Crippen molar-refractivity contribution in [3.05, 3.63) is 51.4 Å². The van der Waals surface area contributed by atoms with Gasteiger partial charge in [-0.2, -0.15) is 0 Å². The molecule has 1 aromatic heterocycles. The van der Waals surface area contributed by atoms with E-state index in [9.17, 15) is 4.39 Å². The first kappa shape index (κ1) is 14.8. The maximum atomic E-state index is 13.4. The number of rotatable bonds is 3. The normalized spacial score (nSPS) is 22.5. The molecule has 1 aliphatic heterocycles. The van der Waals surface area contributed by atoms with E-state index in [0.717, 1.165) is 36.0 Å². The lowest BCUT2D eigenvalue weighted by molar-refractivity contribution is 0.374. The van der Waals surface area contributed by atoms with Crippen LogP contribution in [0.25, 0.3) is 0 Å². The van der Waals surface area contributed by atoms with Crippen molar-refractivity contribution in [2.24, 2.45) is 11.7 Å². The summed E-state index contributed by atoms with van der Waals surface area (Å²) in [4.78, 5) is 2.19. The lowest BCUT2D eigenvalue weighted by Crippen LogP contribution is -2.47. The van der Waals surface area contributed by atoms with Crippen molar-refractivity contribution >= 4 is 28.6 Å². The highest BCUT2D eigenvalue weighted by Gasteiger charge is 2.25. The molecule has 0 bridgehead atoms. The predicted molar refractivity (Wildman–Crippen MR) is 87.7 cm³/mol. The van der Waals surface area contributed by atoms with Gasteiger partial charge in [0.05, 0.1) is 4.34 Å². The molecule has 21 heavy (non-hydrogen) atoms. The summed E-state index contributed by atoms with van der Waals surface area (Å²) in [5.74, 6) is 0.274. The second kappa shape index (κ2) is 6.34. The molecule has 0 saturated carbocycles. The molecule has 2 aromatic rings. The molecular weight excluding hydrogens is 307 g/mol. The van der Waals surface area contributed by atoms with E-state index in [1.165, 1.54) is 11.6 Å². The average molecular weight is 325 g/mol. The van der Waals surface area contributed by atoms with E-state index in [2.05, 4.69) is 10.3 Å². The third-order valence-corrected chi connectivity index (χ3v) is 5.03. The van der Waals surface area contributed by atoms with Gasteiger partial charge in [0, 0.05) is 24.8 Å². The molecule has 1 aromatic carbocycles. The van der Waals surface area contributed by atoms with Gasteiger partial charge in [0.1, 0.15) is 5.82 Å². The van der Waals surface area contributed by atoms with Crippen LogP contribution in [0.5, 0.6) is 0 Å². The fourth-order valence-electron chi connectivity index (χ4n) is 3.06. The Labute approximate surface area is 133 Å². The van der Waals surface area contributed by atoms with Crippen molar-refractivity contribution in [1.29, 1.82) is 0 Å². The number of piperidine rings is 1. The molecule has 5 heteroatoms. The summed E-state index contributed by atoms with van der Waals surface area (Å²) in [7, 11) is 0. The summed E-state index contributed by atoms with van der Waals surface area (Å²) in [6, 6.07) is 8.90. The number of benzene rings is 1. The van der Waals surface area contributed by atoms with E-state index in [0.29, 0.717) is 5.92 Å². The lowest BCUT2D eigenvalue weighted by Gasteiger charge is -2.38. The number of hydrogen-bond donors (Lipinski definition) is 1. The van der Waals surface area contributed by atoms with Gasteiger partial charge < -0.3 is 10.6 Å². The van der Waals surface area contributed by atoms with Gasteiger partial charge in [-0.1, -0.05) is 17.7 Å². The minimum Gasteiger partial charge on any atom is -0.370 e. The summed E-state index contributed by atoms with van der Waals surface area (Å²) in [6.45, 7) is 1.69. The van der Waals surface area contributed by atoms with Gasteiger partial charge in [-0.25, -0.2) is 4.39 Å². The highest BCUT2D eigenvalue weighted by atomic mass is 35.5. The molecule has 2 unspecified atom stereocenters. The zero-order chi connectivity index (χ0) is 14.8. The van der Waals surface area contributed by atoms with Crippen molar-refractivity contribution in [1.82, 2.24) is 0 Å². The van der Waals surface area contributed by atoms with Crippen LogP contribution in [-0.2, 0) is 6.42 Å². The van der Waals surface area contributed by atoms with Crippen molar-refractivity contribution in [3.8, 4) is 0 Å². The molecule has 1 fully saturated rings. The van der Waals surface area contributed by atoms with Crippen LogP contribution < -0.4 is 10.6 Å². The number of thiophene rings is 1. The van der Waals surface area contributed by atoms with Crippen LogP contribution in [0.3, 0.4) is 0 Å². The number of halogens is 2. The first-order valence-corrected chi connectivity index (χ1v) is 8.35. The molecule has 2 atom stereocenters. The molecule has 0 amide bonds. The molecule has 0 aliphatic carbocycles. The molecule has 3 rings (SSSR count). The Morgan fingerprint density at radius 2 is 2.19 bits per heavy atom. The Bertz CT molecular complexity index is 616. The number of hydrogen-bond acceptors (Lipinski definition) is 3. The van der Waals surface area contributed by atoms with Gasteiger partial charge in [-0.3, -0.25) is 0 Å². The molecule has 1 saturated heterocycles. The number of nitrogens with zero attached hydrogens (tertiary/aromatic N) is 1. The molecule has 1 aliphatic rings. The quantitative estimate of drug-likeness (QED) is 0.926. The molecule has 0 spiro atoms. The van der Waals surface area contributed by atoms with Gasteiger partial charge in [-0.05, 0) is 54.0 Å². The maximum Gasteiger partial charge on any atom is 0.125 e. The largest absolute Gasteiger partial charge is 0.370 e. The monoisotopic (exact) mass is 324 g/mol. The maximum absolute atomic E-state index is 13.4. The van der Waals surface area contributed by atoms with Gasteiger partial charge in [0.15, 0.2) is 0 Å². The lowest BCUT2D eigenvalue weighted by atomic mass is 9.89. The van der Waals surface area contributed by atoms with Crippen molar-refractivity contribution in [2.75, 3.05) is 18.0 Å². The van der Waals surface area contributed by atoms with Crippen molar-refractivity contribution < 1.29 is 4.39 Å². The number of nitrogens with two attached hydrogens (primary N) is 1. The molecular formula is C16H18ClFN2S. The molecule has 2 nitrogen and oxygen atoms in total. The Balaban J connectivity index is 1.72. The summed E-state index contributed by atoms with van der Waals surface area (Å²) >= 11 is 7.55. The van der Waals surface area contributed by atoms with Crippen LogP contribution in [0.1, 0.15) is 12.0 Å². The summed E-state index contributed by atoms with van der Waals surface area (Å²) in [6.07, 6.45) is 1.97. The Kier molecular flexibility index (Phi) is 4.48. The Morgan fingerprint density at radius 1 is 1.33 bits per heavy atom. The minimum absolute atomic E-state index is 0.126. The third-order valence-electron chi connectivity index (χ3n) is 3.89. The van der Waals surface area contributed by atoms with Gasteiger partial charge in [-0.15, -0.1) is 11.3 Å². The van der Waals surface area contributed by atoms with E-state index in [-0.39, 0.29) is 11.9 Å². The predicted octanol–water partition coefficient (Wildman–Crippen LogP) is 3.94. The summed E-state index contributed by atoms with van der Waals surface area (Å²) in [5, 5.41) is 2.11. The standard InChI is InChI=1S/C16H18ClFN2S/c17-16-6-12(10-21-16)4-11-5-14(19)9-20(8-11)15-3-1-2-13(18)7-15/h1-3,6-7,10-11,14H,4-5,8-9,19H2. The summed E-state index contributed by atoms with van der Waals surface area (Å²) in [5.41, 5.74) is 8.37. The van der Waals surface area contributed by atoms with Crippen LogP contribution in [-0.4, -0.2) is 19.1 Å². The molecule has 2 heterocycles. The Morgan fingerprint density at radius 3 is 2.90 bits per heavy atom. The average Bonchev–Trinajstić information content (AvgIpc) is 2.83. The van der Waals surface area contributed by atoms with Gasteiger partial charge in [0.2, 0.25) is 0 Å². The first-order valence-electron chi connectivity index (χ1n) is 7.09. The second-order valence-electron chi connectivity index (χ2n) is 5.71. The highest BCUT2D eigenvalue weighted by molar-refractivity contribution is 7.14. The van der Waals surface area contributed by atoms with E-state index >= 15 is 0 Å². The first-order chi connectivity index (χ1) is 10.1. The van der Waals surface area contributed by atoms with E-state index < -0.39 is 0 Å². The SMILES string of the molecule is NC1CC(Cc2csc(Cl)c2)CN(c2cccc(F)c2)C1. The zero-order valence-electron chi connectivity index (χ0n) is 11.6. The van der Waals surface area contributed by atoms with Crippen LogP contribution in [0.2, 0.25) is 4.34 Å². The minimum atomic E-state index is -0.201. The number of anilines is 1. The van der Waals surface area contributed by atoms with Crippen LogP contribution in [0.4, 0.5) is 10.1 Å². The van der Waals surface area contributed by atoms with Crippen molar-refractivity contribution in [3.63, 3.8) is 0 Å². The van der Waals surface area contributed by atoms with Crippen LogP contribution >= 0.6 is 22.9 Å². The summed E-state index contributed by atoms with van der Waals surface area (Å²) < 4.78 is 14.2. The second-order valence-corrected chi connectivity index (χ2v) is 7.25. The smallest absolute Gasteiger partial charge is 0.125 e. The molecule has 2 N–H and O–H groups in total. The van der Waals surface area contributed by atoms with Gasteiger partial charge >= 0.3 is 0 Å². The van der Waals surface area contributed by atoms with E-state index in [4.69, 9.17) is 17.3 Å². The van der Waals surface area contributed by atoms with Crippen LogP contribution in [0.15, 0.2) is 35.7 Å². The fraction of sp³-hybridized carbons (Fsp3) is 0.375. The Hall–Kier alpha value is -1.10. The van der Waals surface area contributed by atoms with E-state index in [1.807, 2.05) is 12.1 Å². The topological polar surface area (TPSA) is 29.3 Å². The molecule has 0 radical (unpaired) electrons. The fourth-order valence-corrected chi connectivity index (χ4v) is 3.99. The zero-order valence-corrected chi connectivity index (χ0v) is 13.2. The highest BCUT2D eigenvalue weighted by Crippen LogP contribution is 2.28. The molecule has 112 valence electrons. The third kappa shape index (κ3) is 3.76. The van der Waals surface area contributed by atoms with Gasteiger partial charge in [0.25, 0.3) is 0 Å². The van der Waals surface area contributed by atoms with E-state index in [1.54, 1.807) is 23.5 Å².